The molecule has 0 spiro atoms. The summed E-state index contributed by atoms with van der Waals surface area (Å²) >= 11 is 0. The molecule has 0 saturated heterocycles. The minimum absolute atomic E-state index is 0.219. The predicted molar refractivity (Wildman–Crippen MR) is 71.9 cm³/mol. The number of nitrogens with two attached hydrogens (primary N) is 1. The molecule has 19 heavy (non-hydrogen) atoms. The number of anilines is 2. The third-order valence-electron chi connectivity index (χ3n) is 2.82. The van der Waals surface area contributed by atoms with Crippen molar-refractivity contribution in [3.05, 3.63) is 59.7 Å². The van der Waals surface area contributed by atoms with Gasteiger partial charge in [0.15, 0.2) is 0 Å². The van der Waals surface area contributed by atoms with Crippen LogP contribution in [0.15, 0.2) is 42.5 Å². The molecular formula is C14H13F2N3. The summed E-state index contributed by atoms with van der Waals surface area (Å²) in [5.74, 6) is -1.01. The molecule has 3 N–H and O–H groups in total. The van der Waals surface area contributed by atoms with Crippen molar-refractivity contribution >= 4 is 17.2 Å². The maximum atomic E-state index is 13.2. The molecule has 0 heterocycles. The summed E-state index contributed by atoms with van der Waals surface area (Å²) < 4.78 is 26.1. The van der Waals surface area contributed by atoms with Crippen LogP contribution in [0.25, 0.3) is 0 Å². The van der Waals surface area contributed by atoms with Crippen molar-refractivity contribution in [1.82, 2.24) is 0 Å². The van der Waals surface area contributed by atoms with E-state index < -0.39 is 5.82 Å². The molecule has 0 saturated carbocycles. The van der Waals surface area contributed by atoms with E-state index in [9.17, 15) is 8.78 Å². The smallest absolute Gasteiger partial charge is 0.125 e. The van der Waals surface area contributed by atoms with Gasteiger partial charge < -0.3 is 10.6 Å². The zero-order valence-electron chi connectivity index (χ0n) is 10.3. The largest absolute Gasteiger partial charge is 0.384 e. The quantitative estimate of drug-likeness (QED) is 0.659. The van der Waals surface area contributed by atoms with Crippen molar-refractivity contribution < 1.29 is 8.78 Å². The first-order valence-electron chi connectivity index (χ1n) is 5.62. The number of halogens is 2. The third-order valence-corrected chi connectivity index (χ3v) is 2.82. The number of amidine groups is 1. The molecule has 0 aliphatic rings. The van der Waals surface area contributed by atoms with E-state index in [-0.39, 0.29) is 11.7 Å². The molecule has 0 aliphatic carbocycles. The Morgan fingerprint density at radius 1 is 1.05 bits per heavy atom. The second-order valence-electron chi connectivity index (χ2n) is 4.11. The first-order chi connectivity index (χ1) is 8.99. The fourth-order valence-corrected chi connectivity index (χ4v) is 1.82. The second-order valence-corrected chi connectivity index (χ2v) is 4.11. The summed E-state index contributed by atoms with van der Waals surface area (Å²) in [4.78, 5) is 1.72. The van der Waals surface area contributed by atoms with Gasteiger partial charge in [-0.25, -0.2) is 8.78 Å². The molecule has 0 unspecified atom stereocenters. The van der Waals surface area contributed by atoms with Crippen molar-refractivity contribution in [3.63, 3.8) is 0 Å². The Morgan fingerprint density at radius 3 is 2.21 bits per heavy atom. The van der Waals surface area contributed by atoms with E-state index in [0.717, 1.165) is 5.69 Å². The number of nitrogens with one attached hydrogen (secondary N) is 1. The fourth-order valence-electron chi connectivity index (χ4n) is 1.82. The van der Waals surface area contributed by atoms with Gasteiger partial charge in [0.25, 0.3) is 0 Å². The second kappa shape index (κ2) is 5.06. The van der Waals surface area contributed by atoms with Crippen LogP contribution in [0.3, 0.4) is 0 Å². The normalized spacial score (nSPS) is 10.3. The average Bonchev–Trinajstić information content (AvgIpc) is 2.38. The van der Waals surface area contributed by atoms with Gasteiger partial charge in [0.2, 0.25) is 0 Å². The topological polar surface area (TPSA) is 53.1 Å². The first kappa shape index (κ1) is 13.0. The van der Waals surface area contributed by atoms with Gasteiger partial charge in [0, 0.05) is 18.3 Å². The summed E-state index contributed by atoms with van der Waals surface area (Å²) in [5.41, 5.74) is 7.05. The van der Waals surface area contributed by atoms with Crippen LogP contribution in [0, 0.1) is 17.0 Å². The molecule has 2 aromatic rings. The van der Waals surface area contributed by atoms with E-state index >= 15 is 0 Å². The van der Waals surface area contributed by atoms with Crippen LogP contribution in [-0.4, -0.2) is 12.9 Å². The van der Waals surface area contributed by atoms with Crippen molar-refractivity contribution in [1.29, 1.82) is 5.41 Å². The molecule has 0 radical (unpaired) electrons. The zero-order valence-corrected chi connectivity index (χ0v) is 10.3. The Morgan fingerprint density at radius 2 is 1.63 bits per heavy atom. The number of benzene rings is 2. The molecule has 0 aromatic heterocycles. The minimum Gasteiger partial charge on any atom is -0.384 e. The van der Waals surface area contributed by atoms with Crippen molar-refractivity contribution in [2.75, 3.05) is 11.9 Å². The number of hydrogen-bond acceptors (Lipinski definition) is 2. The summed E-state index contributed by atoms with van der Waals surface area (Å²) in [7, 11) is 1.74. The molecule has 2 aromatic carbocycles. The van der Waals surface area contributed by atoms with Gasteiger partial charge in [0.1, 0.15) is 17.5 Å². The van der Waals surface area contributed by atoms with Crippen LogP contribution in [-0.2, 0) is 0 Å². The maximum Gasteiger partial charge on any atom is 0.125 e. The molecule has 0 amide bonds. The average molecular weight is 261 g/mol. The van der Waals surface area contributed by atoms with Gasteiger partial charge in [-0.1, -0.05) is 0 Å². The molecule has 0 fully saturated rings. The van der Waals surface area contributed by atoms with Crippen LogP contribution < -0.4 is 10.6 Å². The molecule has 0 aliphatic heterocycles. The van der Waals surface area contributed by atoms with E-state index in [1.165, 1.54) is 30.3 Å². The van der Waals surface area contributed by atoms with E-state index in [1.807, 2.05) is 0 Å². The van der Waals surface area contributed by atoms with Crippen LogP contribution >= 0.6 is 0 Å². The monoisotopic (exact) mass is 261 g/mol. The molecule has 0 bridgehead atoms. The van der Waals surface area contributed by atoms with Crippen molar-refractivity contribution in [3.8, 4) is 0 Å². The maximum absolute atomic E-state index is 13.2. The zero-order chi connectivity index (χ0) is 14.0. The Hall–Kier alpha value is -2.43. The highest BCUT2D eigenvalue weighted by Gasteiger charge is 2.12. The van der Waals surface area contributed by atoms with Crippen molar-refractivity contribution in [2.24, 2.45) is 5.73 Å². The van der Waals surface area contributed by atoms with E-state index in [1.54, 1.807) is 24.1 Å². The molecule has 0 atom stereocenters. The first-order valence-corrected chi connectivity index (χ1v) is 5.62. The summed E-state index contributed by atoms with van der Waals surface area (Å²) in [6.07, 6.45) is 0. The molecular weight excluding hydrogens is 248 g/mol. The highest BCUT2D eigenvalue weighted by Crippen LogP contribution is 2.27. The highest BCUT2D eigenvalue weighted by atomic mass is 19.1. The van der Waals surface area contributed by atoms with Crippen LogP contribution in [0.1, 0.15) is 5.56 Å². The molecule has 2 rings (SSSR count). The highest BCUT2D eigenvalue weighted by molar-refractivity contribution is 6.01. The number of nitrogen functional groups attached to an aromatic ring is 1. The Balaban J connectivity index is 2.46. The standard InChI is InChI=1S/C14H13F2N3/c1-19(11-5-2-9(15)3-6-11)13-7-4-10(16)8-12(13)14(17)18/h2-8H,1H3,(H3,17,18). The lowest BCUT2D eigenvalue weighted by Crippen LogP contribution is -2.18. The van der Waals surface area contributed by atoms with E-state index in [0.29, 0.717) is 11.3 Å². The third kappa shape index (κ3) is 2.70. The number of hydrogen-bond donors (Lipinski definition) is 2. The Kier molecular flexibility index (Phi) is 3.46. The van der Waals surface area contributed by atoms with E-state index in [2.05, 4.69) is 0 Å². The summed E-state index contributed by atoms with van der Waals surface area (Å²) in [6.45, 7) is 0. The van der Waals surface area contributed by atoms with Gasteiger partial charge in [-0.05, 0) is 42.5 Å². The summed E-state index contributed by atoms with van der Waals surface area (Å²) in [5, 5.41) is 7.49. The summed E-state index contributed by atoms with van der Waals surface area (Å²) in [6, 6.07) is 9.91. The SMILES string of the molecule is CN(c1ccc(F)cc1)c1ccc(F)cc1C(=N)N. The van der Waals surface area contributed by atoms with Gasteiger partial charge >= 0.3 is 0 Å². The molecule has 98 valence electrons. The number of nitrogens with zero attached hydrogens (tertiary/aromatic N) is 1. The predicted octanol–water partition coefficient (Wildman–Crippen LogP) is 3.02. The van der Waals surface area contributed by atoms with Gasteiger partial charge in [-0.15, -0.1) is 0 Å². The lowest BCUT2D eigenvalue weighted by atomic mass is 10.1. The van der Waals surface area contributed by atoms with Crippen molar-refractivity contribution in [2.45, 2.75) is 0 Å². The van der Waals surface area contributed by atoms with Gasteiger partial charge in [0.05, 0.1) is 5.69 Å². The van der Waals surface area contributed by atoms with Gasteiger partial charge in [-0.2, -0.15) is 0 Å². The Labute approximate surface area is 109 Å². The number of rotatable bonds is 3. The fraction of sp³-hybridized carbons (Fsp3) is 0.0714. The van der Waals surface area contributed by atoms with Gasteiger partial charge in [-0.3, -0.25) is 5.41 Å². The minimum atomic E-state index is -0.457. The molecule has 3 nitrogen and oxygen atoms in total. The van der Waals surface area contributed by atoms with Crippen LogP contribution in [0.5, 0.6) is 0 Å². The van der Waals surface area contributed by atoms with E-state index in [4.69, 9.17) is 11.1 Å². The lowest BCUT2D eigenvalue weighted by molar-refractivity contribution is 0.627. The molecule has 5 heteroatoms. The lowest BCUT2D eigenvalue weighted by Gasteiger charge is -2.22. The van der Waals surface area contributed by atoms with Crippen LogP contribution in [0.2, 0.25) is 0 Å². The van der Waals surface area contributed by atoms with Crippen LogP contribution in [0.4, 0.5) is 20.2 Å². The Bertz CT molecular complexity index is 609.